The molecule has 0 spiro atoms. The molecule has 0 N–H and O–H groups in total. The molecule has 0 amide bonds. The van der Waals surface area contributed by atoms with E-state index in [-0.39, 0.29) is 109 Å². The van der Waals surface area contributed by atoms with Crippen LogP contribution in [0.2, 0.25) is 0 Å². The zero-order valence-corrected chi connectivity index (χ0v) is 68.5. The van der Waals surface area contributed by atoms with Crippen LogP contribution in [0.25, 0.3) is 0 Å². The van der Waals surface area contributed by atoms with Crippen molar-refractivity contribution < 1.29 is 90.1 Å². The van der Waals surface area contributed by atoms with Crippen LogP contribution in [0.4, 0.5) is 0 Å². The molecule has 9 unspecified atom stereocenters. The average molecular weight is 1580 g/mol. The van der Waals surface area contributed by atoms with Crippen LogP contribution < -0.4 is 15.9 Å². The Morgan fingerprint density at radius 2 is 0.549 bits per heavy atom. The Morgan fingerprint density at radius 3 is 0.769 bits per heavy atom. The van der Waals surface area contributed by atoms with Crippen molar-refractivity contribution in [2.75, 3.05) is 35.3 Å². The number of nitrogens with zero attached hydrogens (tertiary/aromatic N) is 2. The van der Waals surface area contributed by atoms with Gasteiger partial charge in [0.25, 0.3) is 0 Å². The topological polar surface area (TPSA) is 15.7 Å². The predicted octanol–water partition coefficient (Wildman–Crippen LogP) is 22.8. The smallest absolute Gasteiger partial charge is 0.0577 e. The minimum atomic E-state index is -0.0155. The van der Waals surface area contributed by atoms with E-state index >= 15 is 0 Å². The van der Waals surface area contributed by atoms with Crippen LogP contribution in [0.5, 0.6) is 0 Å². The molecule has 91 heavy (non-hydrogen) atoms. The Hall–Kier alpha value is 1.91. The van der Waals surface area contributed by atoms with Gasteiger partial charge in [-0.25, -0.2) is 0 Å². The fraction of sp³-hybridized carbons (Fsp3) is 0.772. The number of hydrogen-bond donors (Lipinski definition) is 0. The van der Waals surface area contributed by atoms with E-state index in [9.17, 15) is 0 Å². The summed E-state index contributed by atoms with van der Waals surface area (Å²) in [6.07, 6.45) is 59.2. The number of hydrogen-bond acceptors (Lipinski definition) is 3. The molecule has 10 fully saturated rings. The van der Waals surface area contributed by atoms with Crippen LogP contribution in [-0.2, 0) is 90.1 Å². The maximum Gasteiger partial charge on any atom is 0.0577 e. The van der Waals surface area contributed by atoms with Crippen LogP contribution >= 0.6 is 39.7 Å². The second-order valence-electron chi connectivity index (χ2n) is 29.1. The van der Waals surface area contributed by atoms with Gasteiger partial charge in [-0.05, 0) is 206 Å². The molecule has 0 heterocycles. The van der Waals surface area contributed by atoms with Crippen molar-refractivity contribution in [2.24, 2.45) is 17.8 Å². The first-order valence-corrected chi connectivity index (χ1v) is 42.4. The van der Waals surface area contributed by atoms with Gasteiger partial charge in [0.15, 0.2) is 0 Å². The summed E-state index contributed by atoms with van der Waals surface area (Å²) in [5.41, 5.74) is 5.77. The van der Waals surface area contributed by atoms with Crippen molar-refractivity contribution in [3.63, 3.8) is 0 Å². The van der Waals surface area contributed by atoms with Crippen LogP contribution in [0.3, 0.4) is 0 Å². The number of methoxy groups -OCH3 is 1. The molecule has 0 aliphatic heterocycles. The van der Waals surface area contributed by atoms with E-state index in [1.54, 1.807) is 15.9 Å². The summed E-state index contributed by atoms with van der Waals surface area (Å²) in [5.74, 6) is 2.59. The van der Waals surface area contributed by atoms with Gasteiger partial charge in [0.05, 0.1) is 6.10 Å². The first kappa shape index (κ1) is 89.0. The second kappa shape index (κ2) is 52.0. The first-order chi connectivity index (χ1) is 42.1. The van der Waals surface area contributed by atoms with Gasteiger partial charge in [-0.1, -0.05) is 298 Å². The molecular weight excluding hydrogens is 1440 g/mol. The quantitative estimate of drug-likeness (QED) is 0.0857. The minimum absolute atomic E-state index is 0. The molecule has 10 aliphatic rings. The third-order valence-corrected chi connectivity index (χ3v) is 34.4. The average Bonchev–Trinajstić information content (AvgIpc) is 1.70. The molecule has 3 aromatic rings. The summed E-state index contributed by atoms with van der Waals surface area (Å²) < 4.78 is 5.72. The second-order valence-corrected chi connectivity index (χ2v) is 38.5. The number of benzene rings is 3. The molecule has 0 bridgehead atoms. The van der Waals surface area contributed by atoms with Gasteiger partial charge in [0.1, 0.15) is 0 Å². The Morgan fingerprint density at radius 1 is 0.319 bits per heavy atom. The number of rotatable bonds is 15. The van der Waals surface area contributed by atoms with Gasteiger partial charge in [-0.2, -0.15) is 0 Å². The van der Waals surface area contributed by atoms with Crippen molar-refractivity contribution >= 4 is 55.6 Å². The van der Waals surface area contributed by atoms with Crippen molar-refractivity contribution in [1.82, 2.24) is 9.80 Å². The molecule has 12 heteroatoms. The number of halogens is 1. The van der Waals surface area contributed by atoms with Crippen LogP contribution in [-0.4, -0.2) is 102 Å². The van der Waals surface area contributed by atoms with E-state index in [4.69, 9.17) is 4.74 Å². The number of ether oxygens (including phenoxy) is 1. The van der Waals surface area contributed by atoms with E-state index in [2.05, 4.69) is 166 Å². The fourth-order valence-electron chi connectivity index (χ4n) is 17.5. The fourth-order valence-corrected chi connectivity index (χ4v) is 30.3. The summed E-state index contributed by atoms with van der Waals surface area (Å²) >= 11 is 3.54. The van der Waals surface area contributed by atoms with Gasteiger partial charge in [-0.15, -0.1) is 0 Å². The van der Waals surface area contributed by atoms with Crippen LogP contribution in [0.1, 0.15) is 278 Å². The van der Waals surface area contributed by atoms with Crippen molar-refractivity contribution in [2.45, 2.75) is 335 Å². The third kappa shape index (κ3) is 30.2. The standard InChI is InChI=1S/2C20H32NP.C19H29OP.C5H9Br.3C5H10.5Fe/c2*1-16(21(2)3)19-14-9-15-20(19)22(18-12-7-8-13-18)17-10-5-4-6-11-17;1-15(20-2)18-13-8-14-19(18)21(17-11-6-7-12-17)16-9-4-3-5-10-16;6-5-3-1-2-4-5;3*1-2-4-5-3-1;;;;;/h2*4-6,10-11,16,18-20H,7-9,12-15H2,1-3H3;3-5,9-10,15,17-19H,6-8,11-14H2,1-2H3;5H,1-4H2;3*1-5H2;;;;;/t2*16-,19?,20?,22?;15-,18?,19?,21?;;;;;;;;;/m111........./s1. The molecule has 0 radical (unpaired) electrons. The Balaban J connectivity index is 0.000000389. The summed E-state index contributed by atoms with van der Waals surface area (Å²) in [7, 11) is 11.0. The minimum Gasteiger partial charge on any atom is -0.381 e. The first-order valence-electron chi connectivity index (χ1n) is 37.1. The number of alkyl halides is 1. The molecule has 13 rings (SSSR count). The Bertz CT molecular complexity index is 2010. The van der Waals surface area contributed by atoms with E-state index < -0.39 is 0 Å². The zero-order chi connectivity index (χ0) is 60.7. The van der Waals surface area contributed by atoms with Gasteiger partial charge in [-0.3, -0.25) is 0 Å². The Kier molecular flexibility index (Phi) is 50.8. The van der Waals surface area contributed by atoms with Crippen LogP contribution in [0, 0.1) is 17.8 Å². The summed E-state index contributed by atoms with van der Waals surface area (Å²) in [5, 5.41) is 5.03. The third-order valence-electron chi connectivity index (χ3n) is 22.9. The van der Waals surface area contributed by atoms with E-state index in [1.807, 2.05) is 7.11 Å². The van der Waals surface area contributed by atoms with E-state index in [0.29, 0.717) is 6.10 Å². The molecule has 0 saturated heterocycles. The molecule has 526 valence electrons. The molecule has 3 nitrogen and oxygen atoms in total. The van der Waals surface area contributed by atoms with Gasteiger partial charge < -0.3 is 14.5 Å². The Labute approximate surface area is 628 Å². The molecule has 3 aromatic carbocycles. The summed E-state index contributed by atoms with van der Waals surface area (Å²) in [6.45, 7) is 7.20. The monoisotopic (exact) mass is 1580 g/mol. The van der Waals surface area contributed by atoms with Crippen molar-refractivity contribution in [3.8, 4) is 0 Å². The largest absolute Gasteiger partial charge is 0.381 e. The van der Waals surface area contributed by atoms with E-state index in [1.165, 1.54) is 257 Å². The van der Waals surface area contributed by atoms with Gasteiger partial charge in [0, 0.05) is 109 Å². The van der Waals surface area contributed by atoms with E-state index in [0.717, 1.165) is 68.6 Å². The normalized spacial score (nSPS) is 26.5. The molecular formula is C79H132BrFe5N2OP3. The van der Waals surface area contributed by atoms with Gasteiger partial charge in [0.2, 0.25) is 0 Å². The maximum absolute atomic E-state index is 5.72. The molecule has 12 atom stereocenters. The van der Waals surface area contributed by atoms with Crippen LogP contribution in [0.15, 0.2) is 91.0 Å². The SMILES string of the molecule is BrC1CCCC1.C1CCCC1.C1CCCC1.C1CCCC1.CO[C@H](C)C1CCCC1P(c1ccccc1)C1CCCC1.C[C@H](C1CCCC1P(c1ccccc1)C1CCCC1)N(C)C.C[C@H](C1CCCC1P(c1ccccc1)C1CCCC1)N(C)C.[Fe].[Fe].[Fe].[Fe].[Fe]. The zero-order valence-electron chi connectivity index (χ0n) is 58.7. The van der Waals surface area contributed by atoms with Crippen molar-refractivity contribution in [3.05, 3.63) is 91.0 Å². The summed E-state index contributed by atoms with van der Waals surface area (Å²) in [4.78, 5) is 5.77. The molecule has 10 saturated carbocycles. The van der Waals surface area contributed by atoms with Gasteiger partial charge >= 0.3 is 0 Å². The van der Waals surface area contributed by atoms with Crippen molar-refractivity contribution in [1.29, 1.82) is 0 Å². The molecule has 10 aliphatic carbocycles. The maximum atomic E-state index is 5.72. The predicted molar refractivity (Wildman–Crippen MR) is 392 cm³/mol. The summed E-state index contributed by atoms with van der Waals surface area (Å²) in [6, 6.07) is 36.0. The molecule has 0 aromatic heterocycles.